The highest BCUT2D eigenvalue weighted by atomic mass is 32.1. The van der Waals surface area contributed by atoms with Crippen molar-refractivity contribution in [2.75, 3.05) is 18.4 Å². The lowest BCUT2D eigenvalue weighted by molar-refractivity contribution is -0.137. The van der Waals surface area contributed by atoms with Crippen molar-refractivity contribution in [3.8, 4) is 11.1 Å². The number of aromatic nitrogens is 3. The molecular weight excluding hydrogens is 473 g/mol. The van der Waals surface area contributed by atoms with Crippen LogP contribution >= 0.6 is 0 Å². The maximum absolute atomic E-state index is 13.6. The van der Waals surface area contributed by atoms with Crippen molar-refractivity contribution in [2.45, 2.75) is 26.1 Å². The number of halogens is 3. The summed E-state index contributed by atoms with van der Waals surface area (Å²) >= 11 is 3.65. The van der Waals surface area contributed by atoms with Crippen molar-refractivity contribution in [2.24, 2.45) is 11.8 Å². The second kappa shape index (κ2) is 8.75. The molecule has 0 bridgehead atoms. The number of benzene rings is 1. The van der Waals surface area contributed by atoms with Gasteiger partial charge >= 0.3 is 6.18 Å². The molecule has 35 heavy (non-hydrogen) atoms. The lowest BCUT2D eigenvalue weighted by Crippen LogP contribution is -2.48. The number of hydrogen-bond donors (Lipinski definition) is 2. The van der Waals surface area contributed by atoms with Crippen LogP contribution in [0.2, 0.25) is 0 Å². The van der Waals surface area contributed by atoms with Crippen LogP contribution in [-0.4, -0.2) is 44.3 Å². The first-order valence-electron chi connectivity index (χ1n) is 11.4. The quantitative estimate of drug-likeness (QED) is 0.306. The molecular formula is C25H26F3N6S+. The summed E-state index contributed by atoms with van der Waals surface area (Å²) in [6.07, 6.45) is 1.12. The van der Waals surface area contributed by atoms with E-state index in [9.17, 15) is 13.2 Å². The van der Waals surface area contributed by atoms with Crippen LogP contribution in [0.1, 0.15) is 19.4 Å². The van der Waals surface area contributed by atoms with Crippen molar-refractivity contribution < 1.29 is 13.2 Å². The molecule has 1 saturated heterocycles. The Morgan fingerprint density at radius 3 is 2.63 bits per heavy atom. The average Bonchev–Trinajstić information content (AvgIpc) is 3.38. The predicted molar refractivity (Wildman–Crippen MR) is 135 cm³/mol. The van der Waals surface area contributed by atoms with Crippen molar-refractivity contribution in [1.29, 1.82) is 5.41 Å². The molecule has 0 spiro atoms. The monoisotopic (exact) mass is 499 g/mol. The molecule has 6 nitrogen and oxygen atoms in total. The fraction of sp³-hybridized carbons (Fsp3) is 0.320. The van der Waals surface area contributed by atoms with Gasteiger partial charge in [-0.15, -0.1) is 5.10 Å². The Kier molecular flexibility index (Phi) is 5.86. The molecule has 2 aromatic heterocycles. The van der Waals surface area contributed by atoms with Gasteiger partial charge in [0.2, 0.25) is 11.0 Å². The highest BCUT2D eigenvalue weighted by molar-refractivity contribution is 7.63. The highest BCUT2D eigenvalue weighted by Gasteiger charge is 2.52. The van der Waals surface area contributed by atoms with Gasteiger partial charge < -0.3 is 15.6 Å². The Balaban J connectivity index is 1.44. The first-order chi connectivity index (χ1) is 16.7. The minimum Gasteiger partial charge on any atom is -0.346 e. The van der Waals surface area contributed by atoms with Crippen LogP contribution in [0.25, 0.3) is 16.8 Å². The predicted octanol–water partition coefficient (Wildman–Crippen LogP) is 4.60. The number of fused-ring (bicyclic) bond motifs is 2. The van der Waals surface area contributed by atoms with Gasteiger partial charge in [-0.25, -0.2) is 4.52 Å². The van der Waals surface area contributed by atoms with Gasteiger partial charge in [-0.1, -0.05) is 24.3 Å². The van der Waals surface area contributed by atoms with E-state index < -0.39 is 11.7 Å². The fourth-order valence-electron chi connectivity index (χ4n) is 5.24. The maximum atomic E-state index is 13.6. The van der Waals surface area contributed by atoms with Crippen molar-refractivity contribution >= 4 is 29.9 Å². The van der Waals surface area contributed by atoms with Crippen LogP contribution in [0.4, 0.5) is 19.1 Å². The van der Waals surface area contributed by atoms with Crippen LogP contribution in [0.3, 0.4) is 0 Å². The Bertz CT molecular complexity index is 1360. The Hall–Kier alpha value is -3.27. The molecule has 0 amide bonds. The molecule has 2 N–H and O–H groups in total. The van der Waals surface area contributed by atoms with E-state index in [1.807, 2.05) is 6.92 Å². The molecule has 2 fully saturated rings. The smallest absolute Gasteiger partial charge is 0.346 e. The molecule has 1 aliphatic heterocycles. The lowest BCUT2D eigenvalue weighted by atomic mass is 9.67. The van der Waals surface area contributed by atoms with Gasteiger partial charge in [-0.05, 0) is 43.2 Å². The number of anilines is 1. The van der Waals surface area contributed by atoms with Crippen LogP contribution in [0.5, 0.6) is 0 Å². The summed E-state index contributed by atoms with van der Waals surface area (Å²) < 4.78 is 42.5. The van der Waals surface area contributed by atoms with Gasteiger partial charge in [0.15, 0.2) is 5.65 Å². The minimum atomic E-state index is -4.47. The lowest BCUT2D eigenvalue weighted by Gasteiger charge is -2.42. The molecule has 1 saturated carbocycles. The van der Waals surface area contributed by atoms with Gasteiger partial charge in [0.25, 0.3) is 0 Å². The van der Waals surface area contributed by atoms with E-state index in [-0.39, 0.29) is 11.6 Å². The van der Waals surface area contributed by atoms with Crippen molar-refractivity contribution in [3.63, 3.8) is 0 Å². The summed E-state index contributed by atoms with van der Waals surface area (Å²) in [5.41, 5.74) is 1.86. The maximum Gasteiger partial charge on any atom is 0.417 e. The zero-order valence-corrected chi connectivity index (χ0v) is 20.3. The zero-order valence-electron chi connectivity index (χ0n) is 19.3. The third kappa shape index (κ3) is 4.20. The Morgan fingerprint density at radius 1 is 1.17 bits per heavy atom. The third-order valence-electron chi connectivity index (χ3n) is 6.78. The molecule has 3 heterocycles. The van der Waals surface area contributed by atoms with Crippen LogP contribution < -0.4 is 5.32 Å². The van der Waals surface area contributed by atoms with E-state index in [0.29, 0.717) is 34.7 Å². The summed E-state index contributed by atoms with van der Waals surface area (Å²) in [6.45, 7) is 5.43. The second-order valence-electron chi connectivity index (χ2n) is 8.97. The summed E-state index contributed by atoms with van der Waals surface area (Å²) in [7, 11) is 0. The van der Waals surface area contributed by atoms with Crippen molar-refractivity contribution in [1.82, 2.24) is 19.5 Å². The van der Waals surface area contributed by atoms with E-state index in [2.05, 4.69) is 39.0 Å². The van der Waals surface area contributed by atoms with E-state index >= 15 is 0 Å². The molecule has 3 atom stereocenters. The van der Waals surface area contributed by atoms with E-state index in [1.165, 1.54) is 22.2 Å². The summed E-state index contributed by atoms with van der Waals surface area (Å²) in [5.74, 6) is 1.12. The largest absolute Gasteiger partial charge is 0.417 e. The average molecular weight is 500 g/mol. The summed E-state index contributed by atoms with van der Waals surface area (Å²) in [4.78, 5) is 6.81. The molecule has 1 aromatic carbocycles. The number of nitrogens with zero attached hydrogens (tertiary/aromatic N) is 4. The fourth-order valence-corrected chi connectivity index (χ4v) is 5.64. The van der Waals surface area contributed by atoms with E-state index in [4.69, 9.17) is 5.41 Å². The molecule has 5 rings (SSSR count). The SMILES string of the molecule is C/C=C1\C2CN(/C([SH2+])=C/C(C)=N)C[C@H]2[C@@H]1Nc1nc2c(-c3ccccc3C(F)(F)F)cccn2n1. The molecule has 1 aliphatic carbocycles. The second-order valence-corrected chi connectivity index (χ2v) is 9.48. The first-order valence-corrected chi connectivity index (χ1v) is 11.9. The number of pyridine rings is 1. The number of rotatable bonds is 5. The molecule has 10 heteroatoms. The normalized spacial score (nSPS) is 23.5. The van der Waals surface area contributed by atoms with Gasteiger partial charge in [0, 0.05) is 61.1 Å². The van der Waals surface area contributed by atoms with E-state index in [0.717, 1.165) is 24.2 Å². The number of likely N-dealkylation sites (tertiary alicyclic amines) is 1. The van der Waals surface area contributed by atoms with Gasteiger partial charge in [0.05, 0.1) is 11.6 Å². The van der Waals surface area contributed by atoms with Gasteiger partial charge in [0.1, 0.15) is 0 Å². The first kappa shape index (κ1) is 23.5. The number of hydrogen-bond acceptors (Lipinski definition) is 5. The third-order valence-corrected chi connectivity index (χ3v) is 7.24. The van der Waals surface area contributed by atoms with Gasteiger partial charge in [-0.2, -0.15) is 18.2 Å². The minimum absolute atomic E-state index is 0.0406. The standard InChI is InChI=1S/C25H25F3N6S/c1-3-15-18-12-33(21(35)11-14(2)29)13-19(18)22(15)30-24-31-23-17(8-6-10-34(23)32-24)16-7-4-5-9-20(16)25(26,27)28/h3-11,18-19,22,29,35H,12-13H2,1-2H3,(H,30,32)/p+1/b15-3+,21-11-,29-14?/t18?,19-,22-/m1/s1. The molecule has 0 radical (unpaired) electrons. The topological polar surface area (TPSA) is 69.3 Å². The van der Waals surface area contributed by atoms with Crippen molar-refractivity contribution in [3.05, 3.63) is 70.9 Å². The molecule has 182 valence electrons. The summed E-state index contributed by atoms with van der Waals surface area (Å²) in [6, 6.07) is 8.87. The molecule has 2 aliphatic rings. The number of alkyl halides is 3. The number of nitrogens with one attached hydrogen (secondary N) is 2. The Labute approximate surface area is 206 Å². The highest BCUT2D eigenvalue weighted by Crippen LogP contribution is 2.47. The van der Waals surface area contributed by atoms with Crippen LogP contribution in [-0.2, 0) is 18.8 Å². The zero-order chi connectivity index (χ0) is 24.9. The van der Waals surface area contributed by atoms with Crippen LogP contribution in [0, 0.1) is 17.2 Å². The van der Waals surface area contributed by atoms with E-state index in [1.54, 1.807) is 37.4 Å². The van der Waals surface area contributed by atoms with Gasteiger partial charge in [-0.3, -0.25) is 0 Å². The number of allylic oxidation sites excluding steroid dienone is 2. The molecule has 1 unspecified atom stereocenters. The Morgan fingerprint density at radius 2 is 1.91 bits per heavy atom. The molecule has 3 aromatic rings. The van der Waals surface area contributed by atoms with Crippen LogP contribution in [0.15, 0.2) is 65.3 Å². The summed E-state index contributed by atoms with van der Waals surface area (Å²) in [5, 5.41) is 16.5.